The zero-order valence-corrected chi connectivity index (χ0v) is 20.7. The van der Waals surface area contributed by atoms with E-state index in [0.29, 0.717) is 40.7 Å². The second-order valence-corrected chi connectivity index (χ2v) is 8.57. The summed E-state index contributed by atoms with van der Waals surface area (Å²) in [7, 11) is 4.50. The molecular weight excluding hydrogens is 464 g/mol. The maximum Gasteiger partial charge on any atom is 0.340 e. The van der Waals surface area contributed by atoms with Crippen LogP contribution in [0.3, 0.4) is 0 Å². The monoisotopic (exact) mass is 492 g/mol. The molecule has 0 spiro atoms. The van der Waals surface area contributed by atoms with Crippen molar-refractivity contribution >= 4 is 16.9 Å². The minimum Gasteiger partial charge on any atom is -0.493 e. The van der Waals surface area contributed by atoms with Gasteiger partial charge in [-0.1, -0.05) is 18.2 Å². The van der Waals surface area contributed by atoms with Gasteiger partial charge >= 0.3 is 5.97 Å². The fourth-order valence-corrected chi connectivity index (χ4v) is 5.33. The molecule has 1 aromatic heterocycles. The highest BCUT2D eigenvalue weighted by molar-refractivity contribution is 5.96. The van der Waals surface area contributed by atoms with E-state index in [1.165, 1.54) is 21.3 Å². The number of hydrogen-bond donors (Lipinski definition) is 1. The van der Waals surface area contributed by atoms with Crippen molar-refractivity contribution in [2.75, 3.05) is 27.9 Å². The Bertz CT molecular complexity index is 1470. The molecule has 9 nitrogen and oxygen atoms in total. The maximum atomic E-state index is 14.1. The molecule has 0 saturated carbocycles. The van der Waals surface area contributed by atoms with Crippen molar-refractivity contribution in [1.29, 1.82) is 0 Å². The molecule has 2 N–H and O–H groups in total. The van der Waals surface area contributed by atoms with Gasteiger partial charge < -0.3 is 34.0 Å². The molecular formula is C27H28N2O7. The third-order valence-electron chi connectivity index (χ3n) is 6.78. The van der Waals surface area contributed by atoms with Gasteiger partial charge in [-0.2, -0.15) is 0 Å². The number of carbonyl (C=O) groups excluding carboxylic acids is 1. The van der Waals surface area contributed by atoms with E-state index < -0.39 is 11.9 Å². The second-order valence-electron chi connectivity index (χ2n) is 8.57. The molecule has 3 heterocycles. The molecule has 0 radical (unpaired) electrons. The van der Waals surface area contributed by atoms with Crippen molar-refractivity contribution in [3.05, 3.63) is 68.8 Å². The van der Waals surface area contributed by atoms with E-state index in [1.54, 1.807) is 23.6 Å². The molecule has 0 aliphatic carbocycles. The molecule has 2 aliphatic heterocycles. The van der Waals surface area contributed by atoms with Crippen molar-refractivity contribution in [3.8, 4) is 23.0 Å². The standard InChI is InChI=1S/C27H28N2O7/c1-5-35-27(31)20-18(15-11-12-17(32-2)24(34-4)23(15)33-3)19-22(36-25(20)28)16-10-6-8-14-9-7-13-29(21(14)16)26(19)30/h6,8,10-12,18H,5,7,9,13,28H2,1-4H3. The predicted molar refractivity (Wildman–Crippen MR) is 133 cm³/mol. The van der Waals surface area contributed by atoms with E-state index in [0.717, 1.165) is 29.3 Å². The van der Waals surface area contributed by atoms with Crippen molar-refractivity contribution in [3.63, 3.8) is 0 Å². The minimum absolute atomic E-state index is 0.0334. The number of aryl methyl sites for hydroxylation is 2. The van der Waals surface area contributed by atoms with Gasteiger partial charge in [-0.05, 0) is 37.5 Å². The molecule has 0 bridgehead atoms. The summed E-state index contributed by atoms with van der Waals surface area (Å²) in [5.41, 5.74) is 8.87. The quantitative estimate of drug-likeness (QED) is 0.522. The average molecular weight is 493 g/mol. The molecule has 0 fully saturated rings. The first-order chi connectivity index (χ1) is 17.5. The number of benzene rings is 2. The van der Waals surface area contributed by atoms with Crippen LogP contribution in [0.1, 0.15) is 36.0 Å². The van der Waals surface area contributed by atoms with E-state index in [9.17, 15) is 9.59 Å². The molecule has 1 unspecified atom stereocenters. The number of para-hydroxylation sites is 1. The Balaban J connectivity index is 1.90. The van der Waals surface area contributed by atoms with Gasteiger partial charge in [-0.3, -0.25) is 4.79 Å². The molecule has 0 amide bonds. The maximum absolute atomic E-state index is 14.1. The lowest BCUT2D eigenvalue weighted by molar-refractivity contribution is -0.139. The minimum atomic E-state index is -0.922. The third kappa shape index (κ3) is 3.37. The fourth-order valence-electron chi connectivity index (χ4n) is 5.33. The van der Waals surface area contributed by atoms with Gasteiger partial charge in [0, 0.05) is 17.5 Å². The van der Waals surface area contributed by atoms with Crippen LogP contribution in [-0.4, -0.2) is 38.5 Å². The first kappa shape index (κ1) is 23.6. The van der Waals surface area contributed by atoms with E-state index in [1.807, 2.05) is 18.2 Å². The first-order valence-electron chi connectivity index (χ1n) is 11.8. The van der Waals surface area contributed by atoms with Crippen LogP contribution in [0.15, 0.2) is 46.6 Å². The summed E-state index contributed by atoms with van der Waals surface area (Å²) in [6, 6.07) is 9.30. The lowest BCUT2D eigenvalue weighted by Gasteiger charge is -2.32. The number of aromatic nitrogens is 1. The van der Waals surface area contributed by atoms with Gasteiger partial charge in [0.1, 0.15) is 11.3 Å². The average Bonchev–Trinajstić information content (AvgIpc) is 2.89. The molecule has 2 aliphatic rings. The fraction of sp³-hybridized carbons (Fsp3) is 0.333. The molecule has 188 valence electrons. The number of ether oxygens (including phenoxy) is 5. The van der Waals surface area contributed by atoms with Crippen LogP contribution >= 0.6 is 0 Å². The van der Waals surface area contributed by atoms with Crippen LogP contribution in [-0.2, 0) is 22.5 Å². The number of carbonyl (C=O) groups is 1. The van der Waals surface area contributed by atoms with Crippen LogP contribution in [0.5, 0.6) is 23.0 Å². The highest BCUT2D eigenvalue weighted by Gasteiger charge is 2.42. The van der Waals surface area contributed by atoms with Crippen LogP contribution < -0.4 is 30.2 Å². The number of rotatable bonds is 6. The molecule has 36 heavy (non-hydrogen) atoms. The topological polar surface area (TPSA) is 111 Å². The van der Waals surface area contributed by atoms with Crippen LogP contribution in [0.2, 0.25) is 0 Å². The van der Waals surface area contributed by atoms with E-state index >= 15 is 0 Å². The van der Waals surface area contributed by atoms with Crippen molar-refractivity contribution in [1.82, 2.24) is 4.57 Å². The summed E-state index contributed by atoms with van der Waals surface area (Å²) in [5.74, 6) is -0.294. The van der Waals surface area contributed by atoms with E-state index in [2.05, 4.69) is 0 Å². The van der Waals surface area contributed by atoms with Gasteiger partial charge in [0.15, 0.2) is 11.5 Å². The number of nitrogens with zero attached hydrogens (tertiary/aromatic N) is 1. The van der Waals surface area contributed by atoms with Crippen LogP contribution in [0, 0.1) is 0 Å². The molecule has 5 rings (SSSR count). The zero-order valence-electron chi connectivity index (χ0n) is 20.7. The third-order valence-corrected chi connectivity index (χ3v) is 6.78. The molecule has 0 saturated heterocycles. The SMILES string of the molecule is CCOC(=O)C1=C(N)Oc2c(c(=O)n3c4c(cccc24)CCC3)C1c1ccc(OC)c(OC)c1OC. The number of methoxy groups -OCH3 is 3. The Morgan fingerprint density at radius 1 is 1.11 bits per heavy atom. The largest absolute Gasteiger partial charge is 0.493 e. The molecule has 2 aromatic carbocycles. The smallest absolute Gasteiger partial charge is 0.340 e. The van der Waals surface area contributed by atoms with Crippen molar-refractivity contribution in [2.45, 2.75) is 32.2 Å². The van der Waals surface area contributed by atoms with Gasteiger partial charge in [-0.25, -0.2) is 4.79 Å². The zero-order chi connectivity index (χ0) is 25.6. The highest BCUT2D eigenvalue weighted by Crippen LogP contribution is 2.50. The Kier molecular flexibility index (Phi) is 5.99. The summed E-state index contributed by atoms with van der Waals surface area (Å²) in [5, 5.41) is 0.761. The first-order valence-corrected chi connectivity index (χ1v) is 11.8. The Morgan fingerprint density at radius 2 is 1.89 bits per heavy atom. The van der Waals surface area contributed by atoms with Gasteiger partial charge in [-0.15, -0.1) is 0 Å². The predicted octanol–water partition coefficient (Wildman–Crippen LogP) is 3.23. The second kappa shape index (κ2) is 9.14. The number of pyridine rings is 1. The number of fused-ring (bicyclic) bond motifs is 2. The summed E-state index contributed by atoms with van der Waals surface area (Å²) in [4.78, 5) is 27.3. The Hall–Kier alpha value is -4.14. The van der Waals surface area contributed by atoms with Crippen LogP contribution in [0.25, 0.3) is 10.9 Å². The van der Waals surface area contributed by atoms with Crippen LogP contribution in [0.4, 0.5) is 0 Å². The summed E-state index contributed by atoms with van der Waals surface area (Å²) in [6.07, 6.45) is 1.70. The van der Waals surface area contributed by atoms with E-state index in [4.69, 9.17) is 29.4 Å². The van der Waals surface area contributed by atoms with Crippen molar-refractivity contribution in [2.24, 2.45) is 5.73 Å². The van der Waals surface area contributed by atoms with Gasteiger partial charge in [0.05, 0.1) is 44.9 Å². The number of esters is 1. The van der Waals surface area contributed by atoms with E-state index in [-0.39, 0.29) is 23.6 Å². The molecule has 3 aromatic rings. The summed E-state index contributed by atoms with van der Waals surface area (Å²) >= 11 is 0. The Morgan fingerprint density at radius 3 is 2.58 bits per heavy atom. The normalized spacial score (nSPS) is 16.3. The number of hydrogen-bond acceptors (Lipinski definition) is 8. The summed E-state index contributed by atoms with van der Waals surface area (Å²) < 4.78 is 29.9. The Labute approximate surface area is 208 Å². The van der Waals surface area contributed by atoms with Crippen molar-refractivity contribution < 1.29 is 28.5 Å². The molecule has 1 atom stereocenters. The molecule has 9 heteroatoms. The highest BCUT2D eigenvalue weighted by atomic mass is 16.5. The van der Waals surface area contributed by atoms with Gasteiger partial charge in [0.2, 0.25) is 11.6 Å². The lowest BCUT2D eigenvalue weighted by Crippen LogP contribution is -2.36. The van der Waals surface area contributed by atoms with Gasteiger partial charge in [0.25, 0.3) is 5.56 Å². The lowest BCUT2D eigenvalue weighted by atomic mass is 9.81. The number of nitrogens with two attached hydrogens (primary N) is 1. The summed E-state index contributed by atoms with van der Waals surface area (Å²) in [6.45, 7) is 2.39.